The third-order valence-corrected chi connectivity index (χ3v) is 2.43. The average Bonchev–Trinajstić information content (AvgIpc) is 2.65. The van der Waals surface area contributed by atoms with Crippen molar-refractivity contribution in [3.8, 4) is 0 Å². The molecular formula is C11H11N3O3. The average molecular weight is 233 g/mol. The lowest BCUT2D eigenvalue weighted by atomic mass is 10.2. The van der Waals surface area contributed by atoms with Crippen LogP contribution in [0, 0.1) is 0 Å². The lowest BCUT2D eigenvalue weighted by Gasteiger charge is -2.00. The highest BCUT2D eigenvalue weighted by atomic mass is 16.4. The van der Waals surface area contributed by atoms with Crippen LogP contribution in [0.25, 0.3) is 10.9 Å². The molecule has 0 aliphatic heterocycles. The summed E-state index contributed by atoms with van der Waals surface area (Å²) >= 11 is 0. The predicted molar refractivity (Wildman–Crippen MR) is 60.5 cm³/mol. The largest absolute Gasteiger partial charge is 0.476 e. The molecule has 0 saturated carbocycles. The number of hydrogen-bond acceptors (Lipinski definition) is 3. The standard InChI is InChI=1S/C11H11N3O3/c12-9(15)5-6-14-8-4-2-1-3-7(8)10(13-14)11(16)17/h1-4H,5-6H2,(H2,12,15)(H,16,17). The van der Waals surface area contributed by atoms with Crippen LogP contribution in [0.4, 0.5) is 0 Å². The quantitative estimate of drug-likeness (QED) is 0.808. The summed E-state index contributed by atoms with van der Waals surface area (Å²) < 4.78 is 1.49. The van der Waals surface area contributed by atoms with E-state index < -0.39 is 11.9 Å². The molecule has 2 aromatic rings. The Morgan fingerprint density at radius 2 is 2.06 bits per heavy atom. The van der Waals surface area contributed by atoms with Crippen LogP contribution in [0.15, 0.2) is 24.3 Å². The van der Waals surface area contributed by atoms with E-state index >= 15 is 0 Å². The van der Waals surface area contributed by atoms with Gasteiger partial charge in [0.2, 0.25) is 5.91 Å². The first-order valence-electron chi connectivity index (χ1n) is 5.06. The van der Waals surface area contributed by atoms with Crippen molar-refractivity contribution in [2.45, 2.75) is 13.0 Å². The van der Waals surface area contributed by atoms with Crippen molar-refractivity contribution < 1.29 is 14.7 Å². The summed E-state index contributed by atoms with van der Waals surface area (Å²) in [6, 6.07) is 6.98. The van der Waals surface area contributed by atoms with Gasteiger partial charge < -0.3 is 10.8 Å². The summed E-state index contributed by atoms with van der Waals surface area (Å²) in [6.07, 6.45) is 0.130. The number of fused-ring (bicyclic) bond motifs is 1. The Morgan fingerprint density at radius 3 is 2.71 bits per heavy atom. The SMILES string of the molecule is NC(=O)CCn1nc(C(=O)O)c2ccccc21. The maximum absolute atomic E-state index is 11.0. The molecule has 1 aromatic carbocycles. The maximum Gasteiger partial charge on any atom is 0.357 e. The van der Waals surface area contributed by atoms with Gasteiger partial charge in [0.15, 0.2) is 5.69 Å². The predicted octanol–water partition coefficient (Wildman–Crippen LogP) is 0.610. The van der Waals surface area contributed by atoms with E-state index in [1.54, 1.807) is 24.3 Å². The van der Waals surface area contributed by atoms with Crippen LogP contribution in [0.5, 0.6) is 0 Å². The fourth-order valence-electron chi connectivity index (χ4n) is 1.67. The molecule has 0 bridgehead atoms. The van der Waals surface area contributed by atoms with E-state index in [1.807, 2.05) is 0 Å². The Hall–Kier alpha value is -2.37. The van der Waals surface area contributed by atoms with Gasteiger partial charge in [0.25, 0.3) is 0 Å². The van der Waals surface area contributed by atoms with Gasteiger partial charge in [-0.25, -0.2) is 4.79 Å². The number of carbonyl (C=O) groups excluding carboxylic acids is 1. The monoisotopic (exact) mass is 233 g/mol. The number of aromatic nitrogens is 2. The van der Waals surface area contributed by atoms with Crippen molar-refractivity contribution in [1.82, 2.24) is 9.78 Å². The van der Waals surface area contributed by atoms with Gasteiger partial charge in [-0.15, -0.1) is 0 Å². The van der Waals surface area contributed by atoms with Gasteiger partial charge in [0.05, 0.1) is 12.1 Å². The van der Waals surface area contributed by atoms with Gasteiger partial charge in [0.1, 0.15) is 0 Å². The first-order valence-corrected chi connectivity index (χ1v) is 5.06. The van der Waals surface area contributed by atoms with Crippen molar-refractivity contribution in [1.29, 1.82) is 0 Å². The second kappa shape index (κ2) is 4.25. The summed E-state index contributed by atoms with van der Waals surface area (Å²) in [5, 5.41) is 13.5. The number of carboxylic acids is 1. The van der Waals surface area contributed by atoms with E-state index in [0.717, 1.165) is 0 Å². The third kappa shape index (κ3) is 2.10. The zero-order chi connectivity index (χ0) is 12.4. The lowest BCUT2D eigenvalue weighted by molar-refractivity contribution is -0.118. The molecule has 0 unspecified atom stereocenters. The van der Waals surface area contributed by atoms with E-state index in [1.165, 1.54) is 4.68 Å². The number of para-hydroxylation sites is 1. The zero-order valence-electron chi connectivity index (χ0n) is 8.96. The molecule has 0 radical (unpaired) electrons. The van der Waals surface area contributed by atoms with Crippen LogP contribution < -0.4 is 5.73 Å². The lowest BCUT2D eigenvalue weighted by Crippen LogP contribution is -2.14. The zero-order valence-corrected chi connectivity index (χ0v) is 8.96. The van der Waals surface area contributed by atoms with E-state index in [-0.39, 0.29) is 18.7 Å². The Labute approximate surface area is 96.6 Å². The number of carbonyl (C=O) groups is 2. The number of hydrogen-bond donors (Lipinski definition) is 2. The Balaban J connectivity index is 2.49. The number of nitrogens with two attached hydrogens (primary N) is 1. The molecule has 0 atom stereocenters. The Bertz CT molecular complexity index is 589. The molecule has 0 spiro atoms. The Kier molecular flexibility index (Phi) is 2.78. The van der Waals surface area contributed by atoms with E-state index in [0.29, 0.717) is 10.9 Å². The number of nitrogens with zero attached hydrogens (tertiary/aromatic N) is 2. The molecule has 0 saturated heterocycles. The van der Waals surface area contributed by atoms with Crippen LogP contribution >= 0.6 is 0 Å². The van der Waals surface area contributed by atoms with Crippen molar-refractivity contribution >= 4 is 22.8 Å². The molecule has 1 aromatic heterocycles. The highest BCUT2D eigenvalue weighted by molar-refractivity contribution is 6.01. The molecular weight excluding hydrogens is 222 g/mol. The minimum absolute atomic E-state index is 0.00919. The van der Waals surface area contributed by atoms with Gasteiger partial charge in [-0.3, -0.25) is 9.48 Å². The summed E-state index contributed by atoms with van der Waals surface area (Å²) in [7, 11) is 0. The smallest absolute Gasteiger partial charge is 0.357 e. The van der Waals surface area contributed by atoms with Gasteiger partial charge in [-0.1, -0.05) is 18.2 Å². The van der Waals surface area contributed by atoms with Gasteiger partial charge in [0, 0.05) is 11.8 Å². The van der Waals surface area contributed by atoms with Crippen LogP contribution in [0.3, 0.4) is 0 Å². The van der Waals surface area contributed by atoms with Crippen molar-refractivity contribution in [3.05, 3.63) is 30.0 Å². The molecule has 6 nitrogen and oxygen atoms in total. The first kappa shape index (κ1) is 11.1. The topological polar surface area (TPSA) is 98.2 Å². The van der Waals surface area contributed by atoms with Crippen LogP contribution in [0.1, 0.15) is 16.9 Å². The minimum Gasteiger partial charge on any atom is -0.476 e. The molecule has 2 rings (SSSR count). The van der Waals surface area contributed by atoms with Crippen LogP contribution in [-0.4, -0.2) is 26.8 Å². The normalized spacial score (nSPS) is 10.6. The van der Waals surface area contributed by atoms with E-state index in [4.69, 9.17) is 10.8 Å². The van der Waals surface area contributed by atoms with Crippen LogP contribution in [-0.2, 0) is 11.3 Å². The second-order valence-electron chi connectivity index (χ2n) is 3.61. The number of rotatable bonds is 4. The van der Waals surface area contributed by atoms with Gasteiger partial charge in [-0.05, 0) is 6.07 Å². The van der Waals surface area contributed by atoms with Crippen molar-refractivity contribution in [3.63, 3.8) is 0 Å². The molecule has 0 aliphatic rings. The van der Waals surface area contributed by atoms with Crippen LogP contribution in [0.2, 0.25) is 0 Å². The molecule has 17 heavy (non-hydrogen) atoms. The molecule has 3 N–H and O–H groups in total. The minimum atomic E-state index is -1.08. The van der Waals surface area contributed by atoms with Crippen molar-refractivity contribution in [2.75, 3.05) is 0 Å². The molecule has 1 heterocycles. The number of carboxylic acid groups (broad SMARTS) is 1. The number of primary amides is 1. The van der Waals surface area contributed by atoms with E-state index in [2.05, 4.69) is 5.10 Å². The summed E-state index contributed by atoms with van der Waals surface area (Å²) in [5.74, 6) is -1.53. The number of aryl methyl sites for hydroxylation is 1. The maximum atomic E-state index is 11.0. The molecule has 6 heteroatoms. The number of aromatic carboxylic acids is 1. The van der Waals surface area contributed by atoms with Gasteiger partial charge in [-0.2, -0.15) is 5.10 Å². The van der Waals surface area contributed by atoms with Crippen molar-refractivity contribution in [2.24, 2.45) is 5.73 Å². The second-order valence-corrected chi connectivity index (χ2v) is 3.61. The fraction of sp³-hybridized carbons (Fsp3) is 0.182. The van der Waals surface area contributed by atoms with E-state index in [9.17, 15) is 9.59 Å². The number of benzene rings is 1. The molecule has 88 valence electrons. The first-order chi connectivity index (χ1) is 8.09. The summed E-state index contributed by atoms with van der Waals surface area (Å²) in [5.41, 5.74) is 5.73. The summed E-state index contributed by atoms with van der Waals surface area (Å²) in [6.45, 7) is 0.281. The fourth-order valence-corrected chi connectivity index (χ4v) is 1.67. The number of amides is 1. The highest BCUT2D eigenvalue weighted by Crippen LogP contribution is 2.18. The van der Waals surface area contributed by atoms with Gasteiger partial charge >= 0.3 is 5.97 Å². The molecule has 0 fully saturated rings. The Morgan fingerprint density at radius 1 is 1.35 bits per heavy atom. The highest BCUT2D eigenvalue weighted by Gasteiger charge is 2.15. The molecule has 1 amide bonds. The molecule has 0 aliphatic carbocycles. The summed E-state index contributed by atoms with van der Waals surface area (Å²) in [4.78, 5) is 21.7. The third-order valence-electron chi connectivity index (χ3n) is 2.43.